The number of nitrogens with zero attached hydrogens (tertiary/aromatic N) is 7. The minimum absolute atomic E-state index is 0.159. The van der Waals surface area contributed by atoms with E-state index < -0.39 is 18.2 Å². The van der Waals surface area contributed by atoms with Gasteiger partial charge in [0.2, 0.25) is 5.95 Å². The summed E-state index contributed by atoms with van der Waals surface area (Å²) in [5.41, 5.74) is 1.93. The largest absolute Gasteiger partial charge is 0.441 e. The molecule has 1 amide bonds. The van der Waals surface area contributed by atoms with Crippen molar-refractivity contribution in [2.45, 2.75) is 43.6 Å². The third-order valence-electron chi connectivity index (χ3n) is 6.93. The molecule has 2 aromatic heterocycles. The van der Waals surface area contributed by atoms with Gasteiger partial charge in [-0.3, -0.25) is 0 Å². The summed E-state index contributed by atoms with van der Waals surface area (Å²) >= 11 is 6.82. The SMILES string of the molecule is N#Cc1cc(Nc2nc(NC3CC3)c3ncc(C#N)n3n2)c(Cl)c(N2CCC(NC(=O)OC3COC3)C(O)C2)c1. The molecule has 40 heavy (non-hydrogen) atoms. The average Bonchev–Trinajstić information content (AvgIpc) is 3.64. The number of carbonyl (C=O) groups is 1. The summed E-state index contributed by atoms with van der Waals surface area (Å²) < 4.78 is 11.6. The summed E-state index contributed by atoms with van der Waals surface area (Å²) in [6, 6.07) is 7.22. The van der Waals surface area contributed by atoms with Crippen molar-refractivity contribution >= 4 is 46.5 Å². The van der Waals surface area contributed by atoms with E-state index in [1.165, 1.54) is 10.7 Å². The molecule has 4 heterocycles. The van der Waals surface area contributed by atoms with Crippen LogP contribution in [0.2, 0.25) is 5.02 Å². The number of carbonyl (C=O) groups excluding carboxylic acids is 1. The van der Waals surface area contributed by atoms with E-state index in [0.717, 1.165) is 12.8 Å². The predicted octanol–water partition coefficient (Wildman–Crippen LogP) is 1.90. The van der Waals surface area contributed by atoms with Crippen LogP contribution in [0, 0.1) is 22.7 Å². The lowest BCUT2D eigenvalue weighted by Gasteiger charge is -2.38. The highest BCUT2D eigenvalue weighted by molar-refractivity contribution is 6.36. The van der Waals surface area contributed by atoms with E-state index >= 15 is 0 Å². The molecule has 3 aliphatic rings. The average molecular weight is 565 g/mol. The van der Waals surface area contributed by atoms with Gasteiger partial charge in [0.25, 0.3) is 0 Å². The van der Waals surface area contributed by atoms with Gasteiger partial charge < -0.3 is 35.4 Å². The van der Waals surface area contributed by atoms with Crippen LogP contribution >= 0.6 is 11.6 Å². The summed E-state index contributed by atoms with van der Waals surface area (Å²) in [7, 11) is 0. The Balaban J connectivity index is 1.23. The van der Waals surface area contributed by atoms with Crippen LogP contribution in [0.15, 0.2) is 18.3 Å². The van der Waals surface area contributed by atoms with Crippen molar-refractivity contribution in [2.24, 2.45) is 0 Å². The lowest BCUT2D eigenvalue weighted by atomic mass is 10.0. The Hall–Kier alpha value is -4.37. The number of amides is 1. The molecule has 1 saturated carbocycles. The molecule has 4 N–H and O–H groups in total. The standard InChI is InChI=1S/C25H25ClN10O4/c26-21-18(31-24-33-22(30-14-1-2-14)23-29-9-15(8-28)36(23)34-24)5-13(7-27)6-19(21)35-4-3-17(20(37)10-35)32-25(38)40-16-11-39-12-16/h5-6,9,14,16-17,20,37H,1-4,10-12H2,(H,32,38)(H2,30,31,33,34). The zero-order valence-electron chi connectivity index (χ0n) is 21.2. The number of fused-ring (bicyclic) bond motifs is 1. The Labute approximate surface area is 233 Å². The van der Waals surface area contributed by atoms with E-state index in [2.05, 4.69) is 43.2 Å². The number of imidazole rings is 1. The molecule has 2 aliphatic heterocycles. The second-order valence-corrected chi connectivity index (χ2v) is 10.3. The molecule has 2 atom stereocenters. The molecule has 1 aliphatic carbocycles. The lowest BCUT2D eigenvalue weighted by Crippen LogP contribution is -2.55. The molecule has 15 heteroatoms. The number of ether oxygens (including phenoxy) is 2. The predicted molar refractivity (Wildman–Crippen MR) is 142 cm³/mol. The van der Waals surface area contributed by atoms with Crippen LogP contribution in [0.5, 0.6) is 0 Å². The number of anilines is 4. The van der Waals surface area contributed by atoms with Crippen molar-refractivity contribution in [3.8, 4) is 12.1 Å². The number of nitrogens with one attached hydrogen (secondary N) is 3. The van der Waals surface area contributed by atoms with Crippen molar-refractivity contribution in [2.75, 3.05) is 41.8 Å². The first-order valence-electron chi connectivity index (χ1n) is 12.8. The molecule has 0 spiro atoms. The molecular weight excluding hydrogens is 540 g/mol. The third kappa shape index (κ3) is 5.24. The Morgan fingerprint density at radius 3 is 2.73 bits per heavy atom. The summed E-state index contributed by atoms with van der Waals surface area (Å²) in [5, 5.41) is 43.8. The molecule has 3 fully saturated rings. The zero-order chi connectivity index (χ0) is 27.8. The number of piperidine rings is 1. The molecule has 14 nitrogen and oxygen atoms in total. The first-order chi connectivity index (χ1) is 19.4. The monoisotopic (exact) mass is 564 g/mol. The fourth-order valence-electron chi connectivity index (χ4n) is 4.58. The van der Waals surface area contributed by atoms with Crippen molar-refractivity contribution in [1.29, 1.82) is 10.5 Å². The van der Waals surface area contributed by atoms with E-state index in [4.69, 9.17) is 21.1 Å². The van der Waals surface area contributed by atoms with E-state index in [-0.39, 0.29) is 30.3 Å². The summed E-state index contributed by atoms with van der Waals surface area (Å²) in [5.74, 6) is 0.641. The molecule has 0 bridgehead atoms. The first kappa shape index (κ1) is 25.9. The van der Waals surface area contributed by atoms with Gasteiger partial charge in [-0.05, 0) is 31.4 Å². The van der Waals surface area contributed by atoms with E-state index in [1.807, 2.05) is 4.90 Å². The summed E-state index contributed by atoms with van der Waals surface area (Å²) in [4.78, 5) is 22.8. The number of aliphatic hydroxyl groups is 1. The van der Waals surface area contributed by atoms with Crippen LogP contribution in [0.1, 0.15) is 30.5 Å². The molecular formula is C25H25ClN10O4. The van der Waals surface area contributed by atoms with Gasteiger partial charge in [0.1, 0.15) is 6.07 Å². The molecule has 3 aromatic rings. The number of alkyl carbamates (subject to hydrolysis) is 1. The van der Waals surface area contributed by atoms with Gasteiger partial charge in [-0.1, -0.05) is 11.6 Å². The topological polar surface area (TPSA) is 186 Å². The maximum atomic E-state index is 12.1. The Morgan fingerprint density at radius 1 is 1.23 bits per heavy atom. The van der Waals surface area contributed by atoms with Crippen molar-refractivity contribution < 1.29 is 19.4 Å². The maximum Gasteiger partial charge on any atom is 0.407 e. The van der Waals surface area contributed by atoms with Crippen molar-refractivity contribution in [3.05, 3.63) is 34.6 Å². The number of halogens is 1. The van der Waals surface area contributed by atoms with Crippen LogP contribution < -0.4 is 20.9 Å². The van der Waals surface area contributed by atoms with Crippen LogP contribution in [-0.4, -0.2) is 81.4 Å². The Bertz CT molecular complexity index is 1540. The number of aliphatic hydroxyl groups excluding tert-OH is 1. The van der Waals surface area contributed by atoms with Crippen LogP contribution in [0.25, 0.3) is 5.65 Å². The Kier molecular flexibility index (Phi) is 6.89. The van der Waals surface area contributed by atoms with Gasteiger partial charge in [-0.2, -0.15) is 20.0 Å². The van der Waals surface area contributed by atoms with Crippen LogP contribution in [0.3, 0.4) is 0 Å². The zero-order valence-corrected chi connectivity index (χ0v) is 21.9. The lowest BCUT2D eigenvalue weighted by molar-refractivity contribution is -0.0990. The highest BCUT2D eigenvalue weighted by Crippen LogP contribution is 2.37. The fraction of sp³-hybridized carbons (Fsp3) is 0.440. The van der Waals surface area contributed by atoms with Crippen LogP contribution in [0.4, 0.5) is 27.9 Å². The quantitative estimate of drug-likeness (QED) is 0.327. The molecule has 6 rings (SSSR count). The van der Waals surface area contributed by atoms with Gasteiger partial charge in [0.15, 0.2) is 23.3 Å². The molecule has 2 unspecified atom stereocenters. The highest BCUT2D eigenvalue weighted by Gasteiger charge is 2.32. The second-order valence-electron chi connectivity index (χ2n) is 9.90. The van der Waals surface area contributed by atoms with Crippen molar-refractivity contribution in [3.63, 3.8) is 0 Å². The molecule has 0 radical (unpaired) electrons. The van der Waals surface area contributed by atoms with Gasteiger partial charge in [-0.25, -0.2) is 9.78 Å². The number of nitriles is 2. The van der Waals surface area contributed by atoms with Gasteiger partial charge in [0.05, 0.1) is 59.6 Å². The van der Waals surface area contributed by atoms with E-state index in [1.54, 1.807) is 12.1 Å². The van der Waals surface area contributed by atoms with E-state index in [9.17, 15) is 20.4 Å². The molecule has 2 saturated heterocycles. The molecule has 1 aromatic carbocycles. The number of hydrogen-bond acceptors (Lipinski definition) is 12. The van der Waals surface area contributed by atoms with Gasteiger partial charge in [-0.15, -0.1) is 5.10 Å². The molecule has 206 valence electrons. The summed E-state index contributed by atoms with van der Waals surface area (Å²) in [6.45, 7) is 1.38. The van der Waals surface area contributed by atoms with Crippen molar-refractivity contribution in [1.82, 2.24) is 24.9 Å². The number of hydrogen-bond donors (Lipinski definition) is 4. The normalized spacial score (nSPS) is 20.8. The highest BCUT2D eigenvalue weighted by atomic mass is 35.5. The van der Waals surface area contributed by atoms with E-state index in [0.29, 0.717) is 59.6 Å². The number of benzene rings is 1. The Morgan fingerprint density at radius 2 is 2.05 bits per heavy atom. The number of rotatable bonds is 7. The second kappa shape index (κ2) is 10.7. The summed E-state index contributed by atoms with van der Waals surface area (Å²) in [6.07, 6.45) is 2.13. The third-order valence-corrected chi connectivity index (χ3v) is 7.33. The number of β-amino-alcohol motifs (C(OH)–C–C–N with tert-alkyl or cyclic N) is 1. The van der Waals surface area contributed by atoms with Gasteiger partial charge >= 0.3 is 6.09 Å². The first-order valence-corrected chi connectivity index (χ1v) is 13.2. The minimum atomic E-state index is -0.899. The fourth-order valence-corrected chi connectivity index (χ4v) is 4.86. The smallest absolute Gasteiger partial charge is 0.407 e. The maximum absolute atomic E-state index is 12.1. The van der Waals surface area contributed by atoms with Crippen LogP contribution in [-0.2, 0) is 9.47 Å². The minimum Gasteiger partial charge on any atom is -0.441 e. The van der Waals surface area contributed by atoms with Gasteiger partial charge in [0, 0.05) is 19.1 Å². The number of aromatic nitrogens is 4.